The van der Waals surface area contributed by atoms with E-state index in [0.29, 0.717) is 0 Å². The normalized spacial score (nSPS) is 9.64. The molecule has 1 aromatic heterocycles. The van der Waals surface area contributed by atoms with E-state index in [4.69, 9.17) is 8.42 Å². The third-order valence-corrected chi connectivity index (χ3v) is 0.607. The molecule has 0 aliphatic heterocycles. The molecule has 0 spiro atoms. The summed E-state index contributed by atoms with van der Waals surface area (Å²) in [5.41, 5.74) is 0. The molecular weight excluding hydrogens is 176 g/mol. The first-order valence-electron chi connectivity index (χ1n) is 2.55. The monoisotopic (exact) mass is 182 g/mol. The highest BCUT2D eigenvalue weighted by Gasteiger charge is 1.94. The number of aromatic nitrogens is 1. The topological polar surface area (TPSA) is 48.3 Å². The maximum absolute atomic E-state index is 9.99. The van der Waals surface area contributed by atoms with Crippen molar-refractivity contribution in [2.75, 3.05) is 0 Å². The molecule has 1 N–H and O–H groups in total. The molecule has 0 bridgehead atoms. The van der Waals surface area contributed by atoms with E-state index in [1.54, 1.807) is 0 Å². The number of pyridine rings is 1. The molecule has 0 fully saturated rings. The van der Waals surface area contributed by atoms with Gasteiger partial charge in [-0.2, -0.15) is 8.42 Å². The Hall–Kier alpha value is -1.04. The quantitative estimate of drug-likeness (QED) is 0.554. The summed E-state index contributed by atoms with van der Waals surface area (Å²) in [4.78, 5) is 2.89. The number of H-pyrrole nitrogens is 1. The molecule has 6 heteroatoms. The Balaban J connectivity index is 0.000000187. The van der Waals surface area contributed by atoms with Gasteiger partial charge in [-0.15, -0.1) is 0 Å². The fourth-order valence-electron chi connectivity index (χ4n) is 0.342. The second kappa shape index (κ2) is 4.73. The van der Waals surface area contributed by atoms with E-state index < -0.39 is 10.6 Å². The molecule has 0 aromatic carbocycles. The van der Waals surface area contributed by atoms with E-state index >= 15 is 0 Å². The SMILES string of the molecule is O=S(=O)(F)F.c1cc[nH+]cc1. The predicted molar refractivity (Wildman–Crippen MR) is 34.1 cm³/mol. The van der Waals surface area contributed by atoms with Crippen LogP contribution in [0.25, 0.3) is 0 Å². The van der Waals surface area contributed by atoms with Crippen LogP contribution < -0.4 is 4.98 Å². The molecule has 0 saturated carbocycles. The molecule has 1 aromatic rings. The van der Waals surface area contributed by atoms with Crippen molar-refractivity contribution in [2.24, 2.45) is 0 Å². The average molecular weight is 182 g/mol. The van der Waals surface area contributed by atoms with Crippen molar-refractivity contribution in [1.82, 2.24) is 0 Å². The summed E-state index contributed by atoms with van der Waals surface area (Å²) in [6.45, 7) is 0. The number of halogens is 2. The van der Waals surface area contributed by atoms with E-state index in [2.05, 4.69) is 4.98 Å². The van der Waals surface area contributed by atoms with Gasteiger partial charge in [-0.3, -0.25) is 0 Å². The Morgan fingerprint density at radius 2 is 1.36 bits per heavy atom. The maximum Gasteiger partial charge on any atom is 0.476 e. The molecule has 1 rings (SSSR count). The van der Waals surface area contributed by atoms with Gasteiger partial charge >= 0.3 is 10.6 Å². The lowest BCUT2D eigenvalue weighted by Crippen LogP contribution is -1.93. The van der Waals surface area contributed by atoms with Crippen LogP contribution in [-0.2, 0) is 10.6 Å². The zero-order valence-corrected chi connectivity index (χ0v) is 6.18. The Labute approximate surface area is 63.2 Å². The van der Waals surface area contributed by atoms with Crippen LogP contribution in [0.4, 0.5) is 7.77 Å². The van der Waals surface area contributed by atoms with Crippen LogP contribution in [0.3, 0.4) is 0 Å². The fourth-order valence-corrected chi connectivity index (χ4v) is 0.342. The predicted octanol–water partition coefficient (Wildman–Crippen LogP) is 0.671. The first-order valence-corrected chi connectivity index (χ1v) is 3.84. The van der Waals surface area contributed by atoms with Gasteiger partial charge in [0.25, 0.3) is 0 Å². The molecule has 0 radical (unpaired) electrons. The number of aromatic amines is 1. The summed E-state index contributed by atoms with van der Waals surface area (Å²) in [6.07, 6.45) is 3.75. The number of rotatable bonds is 0. The molecule has 0 atom stereocenters. The molecule has 0 amide bonds. The molecule has 3 nitrogen and oxygen atoms in total. The molecule has 62 valence electrons. The highest BCUT2D eigenvalue weighted by molar-refractivity contribution is 7.81. The van der Waals surface area contributed by atoms with Crippen molar-refractivity contribution in [3.63, 3.8) is 0 Å². The standard InChI is InChI=1S/C5H5N.F2O2S/c1-2-4-6-5-3-1;1-5(2,3)4/h1-5H;/p+1. The Bertz CT molecular complexity index is 239. The van der Waals surface area contributed by atoms with Gasteiger partial charge in [0.15, 0.2) is 12.4 Å². The van der Waals surface area contributed by atoms with Crippen molar-refractivity contribution in [1.29, 1.82) is 0 Å². The van der Waals surface area contributed by atoms with Crippen LogP contribution in [0, 0.1) is 0 Å². The average Bonchev–Trinajstić information content (AvgIpc) is 1.88. The van der Waals surface area contributed by atoms with Crippen molar-refractivity contribution in [2.45, 2.75) is 0 Å². The maximum atomic E-state index is 9.99. The molecule has 11 heavy (non-hydrogen) atoms. The third kappa shape index (κ3) is 17.6. The van der Waals surface area contributed by atoms with E-state index in [9.17, 15) is 7.77 Å². The minimum absolute atomic E-state index is 1.88. The van der Waals surface area contributed by atoms with Crippen LogP contribution in [0.15, 0.2) is 30.6 Å². The first kappa shape index (κ1) is 9.96. The Kier molecular flexibility index (Phi) is 4.28. The molecule has 0 aliphatic carbocycles. The number of nitrogens with one attached hydrogen (secondary N) is 1. The van der Waals surface area contributed by atoms with Gasteiger partial charge in [-0.05, 0) is 0 Å². The van der Waals surface area contributed by atoms with Crippen LogP contribution in [-0.4, -0.2) is 8.42 Å². The third-order valence-electron chi connectivity index (χ3n) is 0.607. The second-order valence-electron chi connectivity index (χ2n) is 1.46. The lowest BCUT2D eigenvalue weighted by Gasteiger charge is -1.63. The van der Waals surface area contributed by atoms with Crippen molar-refractivity contribution < 1.29 is 21.2 Å². The summed E-state index contributed by atoms with van der Waals surface area (Å²) in [7, 11) is -5.67. The summed E-state index contributed by atoms with van der Waals surface area (Å²) in [5, 5.41) is 0. The van der Waals surface area contributed by atoms with E-state index in [-0.39, 0.29) is 0 Å². The zero-order chi connectivity index (χ0) is 8.74. The smallest absolute Gasteiger partial charge is 0.218 e. The summed E-state index contributed by atoms with van der Waals surface area (Å²) in [5.74, 6) is 0. The highest BCUT2D eigenvalue weighted by Crippen LogP contribution is 1.85. The zero-order valence-electron chi connectivity index (χ0n) is 5.37. The van der Waals surface area contributed by atoms with Crippen LogP contribution >= 0.6 is 0 Å². The van der Waals surface area contributed by atoms with Gasteiger partial charge in [-0.25, -0.2) is 4.98 Å². The molecule has 1 heterocycles. The number of hydrogen-bond acceptors (Lipinski definition) is 2. The molecule has 0 aliphatic rings. The Morgan fingerprint density at radius 1 is 1.00 bits per heavy atom. The van der Waals surface area contributed by atoms with E-state index in [0.717, 1.165) is 0 Å². The van der Waals surface area contributed by atoms with E-state index in [1.807, 2.05) is 30.6 Å². The molecule has 0 unspecified atom stereocenters. The second-order valence-corrected chi connectivity index (χ2v) is 2.21. The Morgan fingerprint density at radius 3 is 1.45 bits per heavy atom. The van der Waals surface area contributed by atoms with Gasteiger partial charge in [-0.1, -0.05) is 13.8 Å². The fraction of sp³-hybridized carbons (Fsp3) is 0. The summed E-state index contributed by atoms with van der Waals surface area (Å²) in [6, 6.07) is 5.86. The van der Waals surface area contributed by atoms with E-state index in [1.165, 1.54) is 0 Å². The minimum Gasteiger partial charge on any atom is -0.218 e. The van der Waals surface area contributed by atoms with Crippen molar-refractivity contribution in [3.05, 3.63) is 30.6 Å². The summed E-state index contributed by atoms with van der Waals surface area (Å²) >= 11 is 0. The lowest BCUT2D eigenvalue weighted by molar-refractivity contribution is -0.377. The lowest BCUT2D eigenvalue weighted by atomic mass is 10.5. The first-order chi connectivity index (χ1) is 5.00. The van der Waals surface area contributed by atoms with Gasteiger partial charge < -0.3 is 0 Å². The van der Waals surface area contributed by atoms with Gasteiger partial charge in [0.05, 0.1) is 0 Å². The molecular formula is C5H6F2NO2S+. The highest BCUT2D eigenvalue weighted by atomic mass is 32.3. The van der Waals surface area contributed by atoms with Crippen LogP contribution in [0.1, 0.15) is 0 Å². The van der Waals surface area contributed by atoms with Gasteiger partial charge in [0.1, 0.15) is 0 Å². The minimum atomic E-state index is -5.67. The van der Waals surface area contributed by atoms with Crippen molar-refractivity contribution >= 4 is 10.6 Å². The largest absolute Gasteiger partial charge is 0.476 e. The molecule has 0 saturated heterocycles. The van der Waals surface area contributed by atoms with Crippen molar-refractivity contribution in [3.8, 4) is 0 Å². The van der Waals surface area contributed by atoms with Crippen LogP contribution in [0.5, 0.6) is 0 Å². The van der Waals surface area contributed by atoms with Gasteiger partial charge in [0.2, 0.25) is 0 Å². The van der Waals surface area contributed by atoms with Crippen LogP contribution in [0.2, 0.25) is 0 Å². The summed E-state index contributed by atoms with van der Waals surface area (Å²) < 4.78 is 36.6. The van der Waals surface area contributed by atoms with Gasteiger partial charge in [0, 0.05) is 12.1 Å². The number of hydrogen-bond donors (Lipinski definition) is 0.